The fraction of sp³-hybridized carbons (Fsp3) is 0.158. The van der Waals surface area contributed by atoms with Gasteiger partial charge in [-0.2, -0.15) is 0 Å². The molecule has 0 amide bonds. The largest absolute Gasteiger partial charge is 0.320 e. The van der Waals surface area contributed by atoms with E-state index in [1.165, 1.54) is 17.2 Å². The third-order valence-corrected chi connectivity index (χ3v) is 4.22. The molecule has 0 bridgehead atoms. The van der Waals surface area contributed by atoms with E-state index in [0.717, 1.165) is 16.5 Å². The molecule has 2 heteroatoms. The predicted molar refractivity (Wildman–Crippen MR) is 85.9 cm³/mol. The van der Waals surface area contributed by atoms with E-state index < -0.39 is 0 Å². The van der Waals surface area contributed by atoms with E-state index in [1.54, 1.807) is 12.1 Å². The molecule has 0 saturated carbocycles. The standard InChI is InChI=1S/C19H18FN/c1-12-6-5-9-14(13(12)2)19(21)17-10-11-18(20)16-8-4-3-7-15(16)17/h3-11,19H,21H2,1-2H3. The fourth-order valence-electron chi connectivity index (χ4n) is 2.84. The van der Waals surface area contributed by atoms with Crippen LogP contribution in [0.2, 0.25) is 0 Å². The van der Waals surface area contributed by atoms with Crippen LogP contribution < -0.4 is 5.73 Å². The van der Waals surface area contributed by atoms with Crippen LogP contribution >= 0.6 is 0 Å². The maximum absolute atomic E-state index is 13.9. The highest BCUT2D eigenvalue weighted by Crippen LogP contribution is 2.30. The van der Waals surface area contributed by atoms with Gasteiger partial charge >= 0.3 is 0 Å². The molecular weight excluding hydrogens is 261 g/mol. The number of fused-ring (bicyclic) bond motifs is 1. The van der Waals surface area contributed by atoms with Crippen molar-refractivity contribution in [3.05, 3.63) is 82.7 Å². The topological polar surface area (TPSA) is 26.0 Å². The summed E-state index contributed by atoms with van der Waals surface area (Å²) in [7, 11) is 0. The lowest BCUT2D eigenvalue weighted by atomic mass is 9.90. The van der Waals surface area contributed by atoms with Crippen molar-refractivity contribution in [2.75, 3.05) is 0 Å². The van der Waals surface area contributed by atoms with E-state index in [2.05, 4.69) is 19.9 Å². The average molecular weight is 279 g/mol. The molecule has 0 spiro atoms. The highest BCUT2D eigenvalue weighted by Gasteiger charge is 2.16. The molecule has 2 N–H and O–H groups in total. The van der Waals surface area contributed by atoms with Crippen LogP contribution in [0.25, 0.3) is 10.8 Å². The van der Waals surface area contributed by atoms with E-state index >= 15 is 0 Å². The highest BCUT2D eigenvalue weighted by molar-refractivity contribution is 5.87. The second kappa shape index (κ2) is 5.30. The van der Waals surface area contributed by atoms with Crippen molar-refractivity contribution in [1.82, 2.24) is 0 Å². The van der Waals surface area contributed by atoms with Crippen LogP contribution in [0.4, 0.5) is 4.39 Å². The summed E-state index contributed by atoms with van der Waals surface area (Å²) in [5, 5.41) is 1.50. The molecule has 0 aliphatic rings. The lowest BCUT2D eigenvalue weighted by Gasteiger charge is -2.19. The van der Waals surface area contributed by atoms with Crippen LogP contribution in [-0.4, -0.2) is 0 Å². The zero-order chi connectivity index (χ0) is 15.0. The van der Waals surface area contributed by atoms with E-state index in [1.807, 2.05) is 30.3 Å². The van der Waals surface area contributed by atoms with Gasteiger partial charge in [0.25, 0.3) is 0 Å². The monoisotopic (exact) mass is 279 g/mol. The Morgan fingerprint density at radius 3 is 2.29 bits per heavy atom. The van der Waals surface area contributed by atoms with Crippen LogP contribution in [0.1, 0.15) is 28.3 Å². The van der Waals surface area contributed by atoms with Gasteiger partial charge in [0.15, 0.2) is 0 Å². The first-order valence-corrected chi connectivity index (χ1v) is 7.08. The summed E-state index contributed by atoms with van der Waals surface area (Å²) in [6, 6.07) is 16.7. The molecule has 0 aromatic heterocycles. The molecule has 0 radical (unpaired) electrons. The minimum Gasteiger partial charge on any atom is -0.320 e. The molecule has 0 aliphatic carbocycles. The van der Waals surface area contributed by atoms with Gasteiger partial charge in [0.2, 0.25) is 0 Å². The van der Waals surface area contributed by atoms with Gasteiger partial charge in [-0.3, -0.25) is 0 Å². The molecule has 3 aromatic carbocycles. The molecule has 21 heavy (non-hydrogen) atoms. The van der Waals surface area contributed by atoms with Crippen LogP contribution in [0, 0.1) is 19.7 Å². The Labute approximate surface area is 124 Å². The maximum Gasteiger partial charge on any atom is 0.131 e. The number of hydrogen-bond acceptors (Lipinski definition) is 1. The molecule has 1 unspecified atom stereocenters. The smallest absolute Gasteiger partial charge is 0.131 e. The maximum atomic E-state index is 13.9. The van der Waals surface area contributed by atoms with Crippen molar-refractivity contribution < 1.29 is 4.39 Å². The minimum atomic E-state index is -0.254. The predicted octanol–water partition coefficient (Wildman–Crippen LogP) is 4.64. The second-order valence-electron chi connectivity index (χ2n) is 5.45. The van der Waals surface area contributed by atoms with E-state index in [0.29, 0.717) is 5.39 Å². The van der Waals surface area contributed by atoms with Crippen LogP contribution in [0.15, 0.2) is 54.6 Å². The fourth-order valence-corrected chi connectivity index (χ4v) is 2.84. The van der Waals surface area contributed by atoms with Crippen LogP contribution in [-0.2, 0) is 0 Å². The molecule has 3 rings (SSSR count). The first-order chi connectivity index (χ1) is 10.1. The molecule has 0 fully saturated rings. The highest BCUT2D eigenvalue weighted by atomic mass is 19.1. The van der Waals surface area contributed by atoms with Gasteiger partial charge in [-0.05, 0) is 47.6 Å². The SMILES string of the molecule is Cc1cccc(C(N)c2ccc(F)c3ccccc23)c1C. The third-order valence-electron chi connectivity index (χ3n) is 4.22. The summed E-state index contributed by atoms with van der Waals surface area (Å²) in [5.74, 6) is -0.206. The average Bonchev–Trinajstić information content (AvgIpc) is 2.50. The summed E-state index contributed by atoms with van der Waals surface area (Å²) in [6.45, 7) is 4.16. The van der Waals surface area contributed by atoms with Crippen molar-refractivity contribution in [1.29, 1.82) is 0 Å². The number of hydrogen-bond donors (Lipinski definition) is 1. The van der Waals surface area contributed by atoms with Crippen LogP contribution in [0.3, 0.4) is 0 Å². The summed E-state index contributed by atoms with van der Waals surface area (Å²) in [5.41, 5.74) is 10.9. The molecule has 1 atom stereocenters. The van der Waals surface area contributed by atoms with Crippen molar-refractivity contribution in [3.8, 4) is 0 Å². The molecule has 106 valence electrons. The zero-order valence-corrected chi connectivity index (χ0v) is 12.2. The van der Waals surface area contributed by atoms with Gasteiger partial charge in [0.1, 0.15) is 5.82 Å². The Bertz CT molecular complexity index is 808. The van der Waals surface area contributed by atoms with E-state index in [4.69, 9.17) is 5.73 Å². The van der Waals surface area contributed by atoms with Crippen LogP contribution in [0.5, 0.6) is 0 Å². The third kappa shape index (κ3) is 2.32. The van der Waals surface area contributed by atoms with Crippen molar-refractivity contribution in [2.24, 2.45) is 5.73 Å². The Morgan fingerprint density at radius 1 is 0.810 bits per heavy atom. The zero-order valence-electron chi connectivity index (χ0n) is 12.2. The second-order valence-corrected chi connectivity index (χ2v) is 5.45. The first kappa shape index (κ1) is 13.8. The van der Waals surface area contributed by atoms with Gasteiger partial charge in [-0.25, -0.2) is 4.39 Å². The number of benzene rings is 3. The lowest BCUT2D eigenvalue weighted by molar-refractivity contribution is 0.639. The first-order valence-electron chi connectivity index (χ1n) is 7.08. The summed E-state index contributed by atoms with van der Waals surface area (Å²) in [6.07, 6.45) is 0. The van der Waals surface area contributed by atoms with Gasteiger partial charge < -0.3 is 5.73 Å². The van der Waals surface area contributed by atoms with Crippen molar-refractivity contribution in [2.45, 2.75) is 19.9 Å². The minimum absolute atomic E-state index is 0.206. The van der Waals surface area contributed by atoms with E-state index in [9.17, 15) is 4.39 Å². The molecule has 0 heterocycles. The number of rotatable bonds is 2. The quantitative estimate of drug-likeness (QED) is 0.726. The molecule has 0 aliphatic heterocycles. The van der Waals surface area contributed by atoms with Crippen molar-refractivity contribution in [3.63, 3.8) is 0 Å². The molecular formula is C19H18FN. The van der Waals surface area contributed by atoms with Gasteiger partial charge in [0.05, 0.1) is 6.04 Å². The Hall–Kier alpha value is -2.19. The number of halogens is 1. The normalized spacial score (nSPS) is 12.6. The molecule has 0 saturated heterocycles. The Morgan fingerprint density at radius 2 is 1.52 bits per heavy atom. The Kier molecular flexibility index (Phi) is 3.48. The molecule has 1 nitrogen and oxygen atoms in total. The number of nitrogens with two attached hydrogens (primary N) is 1. The van der Waals surface area contributed by atoms with E-state index in [-0.39, 0.29) is 11.9 Å². The molecule has 3 aromatic rings. The lowest BCUT2D eigenvalue weighted by Crippen LogP contribution is -2.14. The van der Waals surface area contributed by atoms with Gasteiger partial charge in [-0.1, -0.05) is 48.5 Å². The Balaban J connectivity index is 2.21. The number of aryl methyl sites for hydroxylation is 1. The summed E-state index contributed by atoms with van der Waals surface area (Å²) < 4.78 is 13.9. The summed E-state index contributed by atoms with van der Waals surface area (Å²) >= 11 is 0. The van der Waals surface area contributed by atoms with Gasteiger partial charge in [0, 0.05) is 5.39 Å². The van der Waals surface area contributed by atoms with Gasteiger partial charge in [-0.15, -0.1) is 0 Å². The summed E-state index contributed by atoms with van der Waals surface area (Å²) in [4.78, 5) is 0. The van der Waals surface area contributed by atoms with Crippen molar-refractivity contribution >= 4 is 10.8 Å².